The van der Waals surface area contributed by atoms with Crippen molar-refractivity contribution in [2.24, 2.45) is 0 Å². The number of ether oxygens (including phenoxy) is 1. The number of amides is 1. The van der Waals surface area contributed by atoms with E-state index in [1.807, 2.05) is 36.4 Å². The molecule has 2 aromatic rings. The molecule has 1 aliphatic rings. The number of rotatable bonds is 7. The maximum Gasteiger partial charge on any atom is 0.269 e. The molecule has 1 N–H and O–H groups in total. The zero-order valence-corrected chi connectivity index (χ0v) is 16.3. The van der Waals surface area contributed by atoms with Crippen LogP contribution >= 0.6 is 0 Å². The molecular formula is C22H29N3O2. The lowest BCUT2D eigenvalue weighted by Crippen LogP contribution is -2.39. The number of para-hydroxylation sites is 1. The van der Waals surface area contributed by atoms with Gasteiger partial charge in [0.2, 0.25) is 0 Å². The molecule has 1 amide bonds. The van der Waals surface area contributed by atoms with Crippen LogP contribution < -0.4 is 15.0 Å². The van der Waals surface area contributed by atoms with Crippen LogP contribution in [0.1, 0.15) is 48.7 Å². The smallest absolute Gasteiger partial charge is 0.269 e. The van der Waals surface area contributed by atoms with Crippen LogP contribution in [0.5, 0.6) is 5.75 Å². The Balaban J connectivity index is 1.62. The Kier molecular flexibility index (Phi) is 6.69. The number of carbonyl (C=O) groups is 1. The van der Waals surface area contributed by atoms with E-state index in [0.29, 0.717) is 18.3 Å². The predicted molar refractivity (Wildman–Crippen MR) is 109 cm³/mol. The van der Waals surface area contributed by atoms with Gasteiger partial charge in [-0.2, -0.15) is 0 Å². The Bertz CT molecular complexity index is 763. The minimum absolute atomic E-state index is 0.128. The van der Waals surface area contributed by atoms with Crippen LogP contribution in [0.2, 0.25) is 0 Å². The van der Waals surface area contributed by atoms with Crippen molar-refractivity contribution < 1.29 is 9.53 Å². The van der Waals surface area contributed by atoms with E-state index in [2.05, 4.69) is 22.1 Å². The number of pyridine rings is 1. The fourth-order valence-corrected chi connectivity index (χ4v) is 3.80. The number of piperidine rings is 1. The molecule has 3 rings (SSSR count). The number of nitrogens with one attached hydrogen (secondary N) is 1. The maximum atomic E-state index is 12.6. The molecule has 1 unspecified atom stereocenters. The first-order valence-corrected chi connectivity index (χ1v) is 9.85. The van der Waals surface area contributed by atoms with E-state index in [0.717, 1.165) is 36.4 Å². The lowest BCUT2D eigenvalue weighted by Gasteiger charge is -2.37. The van der Waals surface area contributed by atoms with Crippen molar-refractivity contribution in [2.75, 3.05) is 25.1 Å². The Morgan fingerprint density at radius 2 is 2.15 bits per heavy atom. The fourth-order valence-electron chi connectivity index (χ4n) is 3.80. The number of methoxy groups -OCH3 is 1. The van der Waals surface area contributed by atoms with E-state index in [-0.39, 0.29) is 5.91 Å². The number of benzene rings is 1. The number of anilines is 1. The van der Waals surface area contributed by atoms with Gasteiger partial charge in [-0.1, -0.05) is 25.1 Å². The molecule has 1 aromatic carbocycles. The monoisotopic (exact) mass is 367 g/mol. The molecule has 0 aliphatic carbocycles. The maximum absolute atomic E-state index is 12.6. The second kappa shape index (κ2) is 9.40. The second-order valence-corrected chi connectivity index (χ2v) is 6.97. The van der Waals surface area contributed by atoms with Crippen molar-refractivity contribution in [1.29, 1.82) is 0 Å². The zero-order chi connectivity index (χ0) is 19.1. The van der Waals surface area contributed by atoms with E-state index in [9.17, 15) is 4.79 Å². The average molecular weight is 367 g/mol. The molecule has 0 saturated carbocycles. The van der Waals surface area contributed by atoms with Crippen molar-refractivity contribution in [2.45, 2.75) is 45.1 Å². The first kappa shape index (κ1) is 19.2. The molecule has 2 heterocycles. The third-order valence-corrected chi connectivity index (χ3v) is 5.28. The van der Waals surface area contributed by atoms with Gasteiger partial charge >= 0.3 is 0 Å². The highest BCUT2D eigenvalue weighted by atomic mass is 16.5. The van der Waals surface area contributed by atoms with Crippen LogP contribution in [0.4, 0.5) is 5.69 Å². The largest absolute Gasteiger partial charge is 0.496 e. The Morgan fingerprint density at radius 3 is 2.96 bits per heavy atom. The van der Waals surface area contributed by atoms with Crippen LogP contribution in [0.15, 0.2) is 42.6 Å². The molecule has 5 heteroatoms. The zero-order valence-electron chi connectivity index (χ0n) is 16.3. The van der Waals surface area contributed by atoms with E-state index in [1.165, 1.54) is 19.3 Å². The van der Waals surface area contributed by atoms with Gasteiger partial charge < -0.3 is 15.0 Å². The number of carbonyl (C=O) groups excluding carboxylic acids is 1. The van der Waals surface area contributed by atoms with Gasteiger partial charge in [-0.05, 0) is 55.9 Å². The topological polar surface area (TPSA) is 54.5 Å². The van der Waals surface area contributed by atoms with E-state index < -0.39 is 0 Å². The van der Waals surface area contributed by atoms with Crippen molar-refractivity contribution in [3.8, 4) is 5.75 Å². The summed E-state index contributed by atoms with van der Waals surface area (Å²) in [6.45, 7) is 3.83. The van der Waals surface area contributed by atoms with Gasteiger partial charge in [-0.3, -0.25) is 9.78 Å². The lowest BCUT2D eigenvalue weighted by molar-refractivity contribution is 0.0949. The van der Waals surface area contributed by atoms with E-state index in [1.54, 1.807) is 13.3 Å². The molecule has 0 spiro atoms. The minimum atomic E-state index is -0.128. The molecule has 1 saturated heterocycles. The third kappa shape index (κ3) is 4.79. The molecule has 5 nitrogen and oxygen atoms in total. The van der Waals surface area contributed by atoms with Gasteiger partial charge in [-0.25, -0.2) is 0 Å². The van der Waals surface area contributed by atoms with Gasteiger partial charge in [0.05, 0.1) is 7.11 Å². The summed E-state index contributed by atoms with van der Waals surface area (Å²) in [7, 11) is 1.66. The van der Waals surface area contributed by atoms with Gasteiger partial charge in [-0.15, -0.1) is 0 Å². The normalized spacial score (nSPS) is 16.8. The van der Waals surface area contributed by atoms with Gasteiger partial charge in [0.15, 0.2) is 0 Å². The van der Waals surface area contributed by atoms with Crippen LogP contribution in [-0.2, 0) is 6.42 Å². The summed E-state index contributed by atoms with van der Waals surface area (Å²) >= 11 is 0. The second-order valence-electron chi connectivity index (χ2n) is 6.97. The van der Waals surface area contributed by atoms with Crippen molar-refractivity contribution in [3.05, 3.63) is 53.9 Å². The standard InChI is InChI=1S/C22H29N3O2/c1-3-18-9-6-7-15-25(18)19-12-14-23-20(16-19)22(26)24-13-11-17-8-4-5-10-21(17)27-2/h4-5,8,10,12,14,16,18H,3,6-7,9,11,13,15H2,1-2H3,(H,24,26). The Hall–Kier alpha value is -2.56. The molecule has 0 bridgehead atoms. The molecule has 1 fully saturated rings. The molecule has 27 heavy (non-hydrogen) atoms. The fraction of sp³-hybridized carbons (Fsp3) is 0.455. The molecular weight excluding hydrogens is 338 g/mol. The lowest BCUT2D eigenvalue weighted by atomic mass is 9.99. The van der Waals surface area contributed by atoms with Gasteiger partial charge in [0.25, 0.3) is 5.91 Å². The van der Waals surface area contributed by atoms with Gasteiger partial charge in [0.1, 0.15) is 11.4 Å². The van der Waals surface area contributed by atoms with Crippen LogP contribution in [0.3, 0.4) is 0 Å². The summed E-state index contributed by atoms with van der Waals surface area (Å²) < 4.78 is 5.36. The molecule has 0 radical (unpaired) electrons. The SMILES string of the molecule is CCC1CCCCN1c1ccnc(C(=O)NCCc2ccccc2OC)c1. The quantitative estimate of drug-likeness (QED) is 0.808. The van der Waals surface area contributed by atoms with Crippen LogP contribution in [-0.4, -0.2) is 37.1 Å². The third-order valence-electron chi connectivity index (χ3n) is 5.28. The number of hydrogen-bond donors (Lipinski definition) is 1. The molecule has 1 aliphatic heterocycles. The minimum Gasteiger partial charge on any atom is -0.496 e. The summed E-state index contributed by atoms with van der Waals surface area (Å²) in [6.07, 6.45) is 7.31. The number of hydrogen-bond acceptors (Lipinski definition) is 4. The number of nitrogens with zero attached hydrogens (tertiary/aromatic N) is 2. The van der Waals surface area contributed by atoms with E-state index >= 15 is 0 Å². The van der Waals surface area contributed by atoms with Crippen molar-refractivity contribution in [1.82, 2.24) is 10.3 Å². The van der Waals surface area contributed by atoms with Gasteiger partial charge in [0, 0.05) is 31.0 Å². The first-order valence-electron chi connectivity index (χ1n) is 9.85. The summed E-state index contributed by atoms with van der Waals surface area (Å²) in [5, 5.41) is 2.98. The predicted octanol–water partition coefficient (Wildman–Crippen LogP) is 3.83. The average Bonchev–Trinajstić information content (AvgIpc) is 2.74. The summed E-state index contributed by atoms with van der Waals surface area (Å²) in [5.74, 6) is 0.722. The van der Waals surface area contributed by atoms with Crippen molar-refractivity contribution >= 4 is 11.6 Å². The van der Waals surface area contributed by atoms with E-state index in [4.69, 9.17) is 4.74 Å². The Morgan fingerprint density at radius 1 is 1.30 bits per heavy atom. The molecule has 1 aromatic heterocycles. The van der Waals surface area contributed by atoms with Crippen LogP contribution in [0.25, 0.3) is 0 Å². The first-order chi connectivity index (χ1) is 13.2. The summed E-state index contributed by atoms with van der Waals surface area (Å²) in [6, 6.07) is 12.4. The Labute approximate surface area is 161 Å². The van der Waals surface area contributed by atoms with Crippen LogP contribution in [0, 0.1) is 0 Å². The molecule has 144 valence electrons. The number of aromatic nitrogens is 1. The highest BCUT2D eigenvalue weighted by molar-refractivity contribution is 5.93. The summed E-state index contributed by atoms with van der Waals surface area (Å²) in [5.41, 5.74) is 2.67. The molecule has 1 atom stereocenters. The highest BCUT2D eigenvalue weighted by Crippen LogP contribution is 2.26. The summed E-state index contributed by atoms with van der Waals surface area (Å²) in [4.78, 5) is 19.3. The van der Waals surface area contributed by atoms with Crippen molar-refractivity contribution in [3.63, 3.8) is 0 Å². The highest BCUT2D eigenvalue weighted by Gasteiger charge is 2.22.